The molecule has 1 saturated carbocycles. The van der Waals surface area contributed by atoms with E-state index in [4.69, 9.17) is 11.6 Å². The minimum atomic E-state index is -0.407. The van der Waals surface area contributed by atoms with E-state index in [-0.39, 0.29) is 0 Å². The molecule has 0 amide bonds. The molecule has 82 valence electrons. The SMILES string of the molecule is C1CCCCC1.O=C(Cl)c1ccccc1. The van der Waals surface area contributed by atoms with Crippen molar-refractivity contribution in [1.29, 1.82) is 0 Å². The third-order valence-electron chi connectivity index (χ3n) is 2.50. The summed E-state index contributed by atoms with van der Waals surface area (Å²) in [6.07, 6.45) is 9.00. The van der Waals surface area contributed by atoms with E-state index in [1.165, 1.54) is 38.5 Å². The maximum Gasteiger partial charge on any atom is 0.252 e. The van der Waals surface area contributed by atoms with E-state index >= 15 is 0 Å². The van der Waals surface area contributed by atoms with Gasteiger partial charge in [-0.1, -0.05) is 68.9 Å². The Morgan fingerprint density at radius 1 is 0.867 bits per heavy atom. The van der Waals surface area contributed by atoms with Crippen LogP contribution in [0.5, 0.6) is 0 Å². The number of carbonyl (C=O) groups excluding carboxylic acids is 1. The molecule has 0 radical (unpaired) electrons. The summed E-state index contributed by atoms with van der Waals surface area (Å²) >= 11 is 5.16. The molecular weight excluding hydrogens is 208 g/mol. The normalized spacial score (nSPS) is 15.0. The number of rotatable bonds is 1. The molecule has 1 aromatic rings. The standard InChI is InChI=1S/C7H5ClO.C6H12/c8-7(9)6-4-2-1-3-5-6;1-2-4-6-5-3-1/h1-5H;1-6H2. The molecule has 0 unspecified atom stereocenters. The highest BCUT2D eigenvalue weighted by molar-refractivity contribution is 6.67. The summed E-state index contributed by atoms with van der Waals surface area (Å²) in [6, 6.07) is 8.74. The van der Waals surface area contributed by atoms with Crippen LogP contribution in [0.3, 0.4) is 0 Å². The summed E-state index contributed by atoms with van der Waals surface area (Å²) in [6.45, 7) is 0. The first-order valence-electron chi connectivity index (χ1n) is 5.55. The van der Waals surface area contributed by atoms with Gasteiger partial charge in [0.2, 0.25) is 0 Å². The molecule has 1 fully saturated rings. The van der Waals surface area contributed by atoms with Gasteiger partial charge in [-0.15, -0.1) is 0 Å². The fourth-order valence-corrected chi connectivity index (χ4v) is 1.76. The van der Waals surface area contributed by atoms with Crippen LogP contribution >= 0.6 is 11.6 Å². The summed E-state index contributed by atoms with van der Waals surface area (Å²) < 4.78 is 0. The van der Waals surface area contributed by atoms with Gasteiger partial charge in [0.25, 0.3) is 5.24 Å². The van der Waals surface area contributed by atoms with Crippen molar-refractivity contribution in [2.75, 3.05) is 0 Å². The summed E-state index contributed by atoms with van der Waals surface area (Å²) in [5.41, 5.74) is 0.541. The Morgan fingerprint density at radius 2 is 1.27 bits per heavy atom. The second-order valence-electron chi connectivity index (χ2n) is 3.76. The monoisotopic (exact) mass is 224 g/mol. The van der Waals surface area contributed by atoms with Crippen molar-refractivity contribution < 1.29 is 4.79 Å². The number of carbonyl (C=O) groups is 1. The van der Waals surface area contributed by atoms with Gasteiger partial charge in [0, 0.05) is 5.56 Å². The first kappa shape index (κ1) is 12.3. The lowest BCUT2D eigenvalue weighted by atomic mass is 10.0. The molecule has 1 aromatic carbocycles. The molecule has 1 aliphatic carbocycles. The van der Waals surface area contributed by atoms with E-state index in [0.717, 1.165) is 0 Å². The molecule has 0 atom stereocenters. The largest absolute Gasteiger partial charge is 0.276 e. The fraction of sp³-hybridized carbons (Fsp3) is 0.462. The van der Waals surface area contributed by atoms with E-state index < -0.39 is 5.24 Å². The van der Waals surface area contributed by atoms with E-state index in [1.54, 1.807) is 24.3 Å². The second kappa shape index (κ2) is 7.47. The highest BCUT2D eigenvalue weighted by atomic mass is 35.5. The Balaban J connectivity index is 0.000000162. The van der Waals surface area contributed by atoms with Gasteiger partial charge >= 0.3 is 0 Å². The number of halogens is 1. The molecule has 1 aliphatic rings. The van der Waals surface area contributed by atoms with Crippen molar-refractivity contribution in [3.8, 4) is 0 Å². The van der Waals surface area contributed by atoms with Crippen LogP contribution in [0.2, 0.25) is 0 Å². The lowest BCUT2D eigenvalue weighted by Crippen LogP contribution is -1.85. The van der Waals surface area contributed by atoms with Crippen LogP contribution in [-0.2, 0) is 0 Å². The lowest BCUT2D eigenvalue weighted by Gasteiger charge is -2.05. The predicted octanol–water partition coefficient (Wildman–Crippen LogP) is 4.41. The number of hydrogen-bond donors (Lipinski definition) is 0. The molecule has 2 rings (SSSR count). The molecule has 1 nitrogen and oxygen atoms in total. The molecule has 0 N–H and O–H groups in total. The van der Waals surface area contributed by atoms with Crippen LogP contribution in [-0.4, -0.2) is 5.24 Å². The summed E-state index contributed by atoms with van der Waals surface area (Å²) in [5, 5.41) is -0.407. The molecule has 0 aliphatic heterocycles. The van der Waals surface area contributed by atoms with E-state index in [1.807, 2.05) is 6.07 Å². The van der Waals surface area contributed by atoms with Crippen molar-refractivity contribution in [2.24, 2.45) is 0 Å². The van der Waals surface area contributed by atoms with Crippen LogP contribution in [0.1, 0.15) is 48.9 Å². The third kappa shape index (κ3) is 5.58. The minimum absolute atomic E-state index is 0.407. The zero-order chi connectivity index (χ0) is 10.9. The topological polar surface area (TPSA) is 17.1 Å². The van der Waals surface area contributed by atoms with Gasteiger partial charge in [0.1, 0.15) is 0 Å². The molecule has 0 saturated heterocycles. The molecule has 0 heterocycles. The Bertz CT molecular complexity index is 266. The Hall–Kier alpha value is -0.820. The van der Waals surface area contributed by atoms with Gasteiger partial charge in [0.05, 0.1) is 0 Å². The average Bonchev–Trinajstić information content (AvgIpc) is 2.33. The first-order valence-corrected chi connectivity index (χ1v) is 5.93. The fourth-order valence-electron chi connectivity index (χ4n) is 1.63. The first-order chi connectivity index (χ1) is 7.30. The van der Waals surface area contributed by atoms with Gasteiger partial charge in [-0.25, -0.2) is 0 Å². The quantitative estimate of drug-likeness (QED) is 0.646. The lowest BCUT2D eigenvalue weighted by molar-refractivity contribution is 0.108. The van der Waals surface area contributed by atoms with Crippen LogP contribution in [0.15, 0.2) is 30.3 Å². The van der Waals surface area contributed by atoms with Crippen molar-refractivity contribution in [1.82, 2.24) is 0 Å². The van der Waals surface area contributed by atoms with Crippen LogP contribution in [0.4, 0.5) is 0 Å². The summed E-state index contributed by atoms with van der Waals surface area (Å²) in [7, 11) is 0. The summed E-state index contributed by atoms with van der Waals surface area (Å²) in [4.78, 5) is 10.4. The Morgan fingerprint density at radius 3 is 1.53 bits per heavy atom. The van der Waals surface area contributed by atoms with Crippen LogP contribution in [0.25, 0.3) is 0 Å². The summed E-state index contributed by atoms with van der Waals surface area (Å²) in [5.74, 6) is 0. The zero-order valence-electron chi connectivity index (χ0n) is 8.92. The zero-order valence-corrected chi connectivity index (χ0v) is 9.67. The molecule has 15 heavy (non-hydrogen) atoms. The number of hydrogen-bond acceptors (Lipinski definition) is 1. The molecule has 0 bridgehead atoms. The van der Waals surface area contributed by atoms with Gasteiger partial charge in [-0.05, 0) is 11.6 Å². The maximum absolute atomic E-state index is 10.4. The van der Waals surface area contributed by atoms with Gasteiger partial charge in [-0.2, -0.15) is 0 Å². The molecular formula is C13H17ClO. The third-order valence-corrected chi connectivity index (χ3v) is 2.72. The van der Waals surface area contributed by atoms with E-state index in [2.05, 4.69) is 0 Å². The minimum Gasteiger partial charge on any atom is -0.276 e. The predicted molar refractivity (Wildman–Crippen MR) is 64.3 cm³/mol. The van der Waals surface area contributed by atoms with Gasteiger partial charge in [0.15, 0.2) is 0 Å². The van der Waals surface area contributed by atoms with Crippen LogP contribution in [0, 0.1) is 0 Å². The smallest absolute Gasteiger partial charge is 0.252 e. The Labute approximate surface area is 96.5 Å². The molecule has 0 aromatic heterocycles. The van der Waals surface area contributed by atoms with Crippen LogP contribution < -0.4 is 0 Å². The molecule has 2 heteroatoms. The van der Waals surface area contributed by atoms with Gasteiger partial charge < -0.3 is 0 Å². The molecule has 0 spiro atoms. The highest BCUT2D eigenvalue weighted by Gasteiger charge is 1.96. The van der Waals surface area contributed by atoms with Gasteiger partial charge in [-0.3, -0.25) is 4.79 Å². The highest BCUT2D eigenvalue weighted by Crippen LogP contribution is 2.15. The van der Waals surface area contributed by atoms with Crippen molar-refractivity contribution in [3.05, 3.63) is 35.9 Å². The van der Waals surface area contributed by atoms with Crippen molar-refractivity contribution in [3.63, 3.8) is 0 Å². The van der Waals surface area contributed by atoms with Crippen molar-refractivity contribution in [2.45, 2.75) is 38.5 Å². The number of benzene rings is 1. The maximum atomic E-state index is 10.4. The second-order valence-corrected chi connectivity index (χ2v) is 4.10. The van der Waals surface area contributed by atoms with E-state index in [0.29, 0.717) is 5.56 Å². The average molecular weight is 225 g/mol. The van der Waals surface area contributed by atoms with E-state index in [9.17, 15) is 4.79 Å². The Kier molecular flexibility index (Phi) is 6.10. The van der Waals surface area contributed by atoms with Crippen molar-refractivity contribution >= 4 is 16.8 Å².